The van der Waals surface area contributed by atoms with Crippen molar-refractivity contribution in [1.82, 2.24) is 10.2 Å². The number of methoxy groups -OCH3 is 2. The first kappa shape index (κ1) is 20.5. The van der Waals surface area contributed by atoms with Crippen LogP contribution in [0.5, 0.6) is 5.75 Å². The van der Waals surface area contributed by atoms with Crippen LogP contribution in [0.1, 0.15) is 24.8 Å². The van der Waals surface area contributed by atoms with E-state index in [0.717, 1.165) is 57.1 Å². The minimum Gasteiger partial charge on any atom is -0.494 e. The number of hydrogen-bond donors (Lipinski definition) is 1. The van der Waals surface area contributed by atoms with E-state index in [4.69, 9.17) is 14.2 Å². The lowest BCUT2D eigenvalue weighted by Gasteiger charge is -2.34. The summed E-state index contributed by atoms with van der Waals surface area (Å²) in [6.07, 6.45) is 3.19. The molecule has 1 heterocycles. The van der Waals surface area contributed by atoms with Gasteiger partial charge in [0.2, 0.25) is 0 Å². The third-order valence-corrected chi connectivity index (χ3v) is 4.47. The molecule has 1 aliphatic heterocycles. The summed E-state index contributed by atoms with van der Waals surface area (Å²) in [6.45, 7) is 3.79. The lowest BCUT2D eigenvalue weighted by atomic mass is 10.1. The fraction of sp³-hybridized carbons (Fsp3) is 0.632. The standard InChI is InChI=1S/C19H30FN3O3/c1-21-19(22-14-15-5-6-18(25-3)17(20)13-15)23-9-7-16(8-10-23)26-12-4-11-24-2/h5-6,13,16H,4,7-12,14H2,1-3H3,(H,21,22). The average molecular weight is 367 g/mol. The summed E-state index contributed by atoms with van der Waals surface area (Å²) in [6, 6.07) is 4.98. The Balaban J connectivity index is 1.76. The van der Waals surface area contributed by atoms with Crippen molar-refractivity contribution in [3.63, 3.8) is 0 Å². The number of piperidine rings is 1. The van der Waals surface area contributed by atoms with Gasteiger partial charge in [0.1, 0.15) is 0 Å². The van der Waals surface area contributed by atoms with Gasteiger partial charge in [-0.15, -0.1) is 0 Å². The van der Waals surface area contributed by atoms with Gasteiger partial charge in [0.15, 0.2) is 17.5 Å². The van der Waals surface area contributed by atoms with E-state index >= 15 is 0 Å². The molecule has 0 unspecified atom stereocenters. The molecule has 0 radical (unpaired) electrons. The van der Waals surface area contributed by atoms with Crippen LogP contribution in [0.25, 0.3) is 0 Å². The molecule has 0 atom stereocenters. The normalized spacial score (nSPS) is 16.0. The molecule has 7 heteroatoms. The highest BCUT2D eigenvalue weighted by molar-refractivity contribution is 5.79. The monoisotopic (exact) mass is 367 g/mol. The van der Waals surface area contributed by atoms with E-state index in [9.17, 15) is 4.39 Å². The molecule has 1 N–H and O–H groups in total. The predicted octanol–water partition coefficient (Wildman–Crippen LogP) is 2.43. The zero-order valence-electron chi connectivity index (χ0n) is 16.0. The van der Waals surface area contributed by atoms with Crippen LogP contribution in [0.15, 0.2) is 23.2 Å². The molecule has 0 aromatic heterocycles. The van der Waals surface area contributed by atoms with E-state index in [1.54, 1.807) is 20.2 Å². The van der Waals surface area contributed by atoms with Gasteiger partial charge in [0.25, 0.3) is 0 Å². The Bertz CT molecular complexity index is 575. The molecule has 6 nitrogen and oxygen atoms in total. The van der Waals surface area contributed by atoms with Gasteiger partial charge in [-0.3, -0.25) is 4.99 Å². The van der Waals surface area contributed by atoms with Crippen LogP contribution in [0, 0.1) is 5.82 Å². The molecule has 2 rings (SSSR count). The third-order valence-electron chi connectivity index (χ3n) is 4.47. The van der Waals surface area contributed by atoms with E-state index in [0.29, 0.717) is 12.6 Å². The molecule has 1 aromatic rings. The predicted molar refractivity (Wildman–Crippen MR) is 100 cm³/mol. The molecule has 26 heavy (non-hydrogen) atoms. The fourth-order valence-electron chi connectivity index (χ4n) is 3.02. The van der Waals surface area contributed by atoms with Crippen LogP contribution >= 0.6 is 0 Å². The second-order valence-corrected chi connectivity index (χ2v) is 6.27. The lowest BCUT2D eigenvalue weighted by molar-refractivity contribution is 0.00989. The Morgan fingerprint density at radius 3 is 2.65 bits per heavy atom. The first-order valence-electron chi connectivity index (χ1n) is 9.06. The molecule has 0 amide bonds. The topological polar surface area (TPSA) is 55.3 Å². The number of guanidine groups is 1. The zero-order valence-corrected chi connectivity index (χ0v) is 16.0. The molecule has 1 aromatic carbocycles. The summed E-state index contributed by atoms with van der Waals surface area (Å²) >= 11 is 0. The average Bonchev–Trinajstić information content (AvgIpc) is 2.67. The van der Waals surface area contributed by atoms with Crippen LogP contribution in [0.4, 0.5) is 4.39 Å². The summed E-state index contributed by atoms with van der Waals surface area (Å²) in [5.74, 6) is 0.734. The van der Waals surface area contributed by atoms with Gasteiger partial charge in [-0.05, 0) is 37.0 Å². The molecule has 0 saturated carbocycles. The maximum absolute atomic E-state index is 13.8. The van der Waals surface area contributed by atoms with Crippen molar-refractivity contribution in [1.29, 1.82) is 0 Å². The Morgan fingerprint density at radius 2 is 2.04 bits per heavy atom. The molecular weight excluding hydrogens is 337 g/mol. The van der Waals surface area contributed by atoms with Crippen LogP contribution in [0.3, 0.4) is 0 Å². The number of ether oxygens (including phenoxy) is 3. The van der Waals surface area contributed by atoms with Crippen LogP contribution in [0.2, 0.25) is 0 Å². The smallest absolute Gasteiger partial charge is 0.193 e. The minimum absolute atomic E-state index is 0.255. The lowest BCUT2D eigenvalue weighted by Crippen LogP contribution is -2.46. The number of hydrogen-bond acceptors (Lipinski definition) is 4. The zero-order chi connectivity index (χ0) is 18.8. The van der Waals surface area contributed by atoms with Crippen molar-refractivity contribution >= 4 is 5.96 Å². The van der Waals surface area contributed by atoms with Gasteiger partial charge < -0.3 is 24.4 Å². The van der Waals surface area contributed by atoms with Gasteiger partial charge in [0.05, 0.1) is 13.2 Å². The van der Waals surface area contributed by atoms with Crippen LogP contribution in [-0.2, 0) is 16.0 Å². The molecule has 1 aliphatic rings. The Morgan fingerprint density at radius 1 is 1.27 bits per heavy atom. The van der Waals surface area contributed by atoms with E-state index in [1.807, 2.05) is 6.07 Å². The van der Waals surface area contributed by atoms with Crippen LogP contribution < -0.4 is 10.1 Å². The largest absolute Gasteiger partial charge is 0.494 e. The van der Waals surface area contributed by atoms with E-state index in [2.05, 4.69) is 15.2 Å². The summed E-state index contributed by atoms with van der Waals surface area (Å²) in [5, 5.41) is 3.31. The Kier molecular flexibility index (Phi) is 8.64. The van der Waals surface area contributed by atoms with Gasteiger partial charge in [-0.25, -0.2) is 4.39 Å². The summed E-state index contributed by atoms with van der Waals surface area (Å²) in [4.78, 5) is 6.57. The number of nitrogens with one attached hydrogen (secondary N) is 1. The highest BCUT2D eigenvalue weighted by Gasteiger charge is 2.21. The molecular formula is C19H30FN3O3. The third kappa shape index (κ3) is 6.14. The van der Waals surface area contributed by atoms with Crippen molar-refractivity contribution in [3.8, 4) is 5.75 Å². The number of benzene rings is 1. The van der Waals surface area contributed by atoms with E-state index in [1.165, 1.54) is 13.2 Å². The number of aliphatic imine (C=N–C) groups is 1. The number of halogens is 1. The van der Waals surface area contributed by atoms with Crippen molar-refractivity contribution in [3.05, 3.63) is 29.6 Å². The molecule has 1 fully saturated rings. The minimum atomic E-state index is -0.353. The summed E-state index contributed by atoms with van der Waals surface area (Å²) < 4.78 is 29.7. The molecule has 0 spiro atoms. The Hall–Kier alpha value is -1.86. The molecule has 1 saturated heterocycles. The van der Waals surface area contributed by atoms with Crippen molar-refractivity contribution < 1.29 is 18.6 Å². The number of nitrogens with zero attached hydrogens (tertiary/aromatic N) is 2. The highest BCUT2D eigenvalue weighted by atomic mass is 19.1. The van der Waals surface area contributed by atoms with Gasteiger partial charge in [-0.2, -0.15) is 0 Å². The van der Waals surface area contributed by atoms with Crippen LogP contribution in [-0.4, -0.2) is 64.5 Å². The first-order valence-corrected chi connectivity index (χ1v) is 9.06. The first-order chi connectivity index (χ1) is 12.7. The quantitative estimate of drug-likeness (QED) is 0.434. The van der Waals surface area contributed by atoms with Crippen molar-refractivity contribution in [2.75, 3.05) is 47.6 Å². The SMILES string of the molecule is CN=C(NCc1ccc(OC)c(F)c1)N1CCC(OCCCOC)CC1. The van der Waals surface area contributed by atoms with Gasteiger partial charge in [-0.1, -0.05) is 6.07 Å². The highest BCUT2D eigenvalue weighted by Crippen LogP contribution is 2.18. The maximum Gasteiger partial charge on any atom is 0.193 e. The fourth-order valence-corrected chi connectivity index (χ4v) is 3.02. The second kappa shape index (κ2) is 11.0. The molecule has 0 bridgehead atoms. The Labute approximate surface area is 155 Å². The summed E-state index contributed by atoms with van der Waals surface area (Å²) in [7, 11) is 4.94. The number of rotatable bonds is 8. The van der Waals surface area contributed by atoms with E-state index in [-0.39, 0.29) is 11.6 Å². The van der Waals surface area contributed by atoms with Crippen molar-refractivity contribution in [2.24, 2.45) is 4.99 Å². The molecule has 0 aliphatic carbocycles. The van der Waals surface area contributed by atoms with E-state index < -0.39 is 0 Å². The van der Waals surface area contributed by atoms with Gasteiger partial charge >= 0.3 is 0 Å². The maximum atomic E-state index is 13.8. The second-order valence-electron chi connectivity index (χ2n) is 6.27. The molecule has 146 valence electrons. The summed E-state index contributed by atoms with van der Waals surface area (Å²) in [5.41, 5.74) is 0.848. The number of likely N-dealkylation sites (tertiary alicyclic amines) is 1. The van der Waals surface area contributed by atoms with Gasteiger partial charge in [0, 0.05) is 47.0 Å². The van der Waals surface area contributed by atoms with Crippen molar-refractivity contribution in [2.45, 2.75) is 31.9 Å².